The topological polar surface area (TPSA) is 29.5 Å². The van der Waals surface area contributed by atoms with Crippen LogP contribution in [-0.4, -0.2) is 36.0 Å². The number of carbonyl (C=O) groups is 1. The van der Waals surface area contributed by atoms with Crippen LogP contribution in [0.3, 0.4) is 0 Å². The molecule has 182 valence electrons. The number of ether oxygens (including phenoxy) is 1. The number of thioether (sulfide) groups is 1. The third kappa shape index (κ3) is 5.62. The van der Waals surface area contributed by atoms with Crippen molar-refractivity contribution in [1.29, 1.82) is 0 Å². The number of hydrogen-bond donors (Lipinski definition) is 0. The Morgan fingerprint density at radius 2 is 2.15 bits per heavy atom. The van der Waals surface area contributed by atoms with Crippen molar-refractivity contribution in [2.75, 3.05) is 19.7 Å². The maximum absolute atomic E-state index is 12.8. The first-order chi connectivity index (χ1) is 16.3. The summed E-state index contributed by atoms with van der Waals surface area (Å²) in [4.78, 5) is 16.1. The molecule has 4 heteroatoms. The third-order valence-corrected chi connectivity index (χ3v) is 8.60. The Morgan fingerprint density at radius 1 is 1.32 bits per heavy atom. The molecule has 0 bridgehead atoms. The normalized spacial score (nSPS) is 31.6. The maximum atomic E-state index is 12.8. The Kier molecular flexibility index (Phi) is 7.92. The molecule has 0 aromatic heterocycles. The smallest absolute Gasteiger partial charge is 0.200 e. The van der Waals surface area contributed by atoms with Crippen LogP contribution in [0.4, 0.5) is 0 Å². The van der Waals surface area contributed by atoms with Gasteiger partial charge < -0.3 is 9.64 Å². The highest BCUT2D eigenvalue weighted by molar-refractivity contribution is 8.07. The summed E-state index contributed by atoms with van der Waals surface area (Å²) in [6.07, 6.45) is 19.4. The zero-order valence-corrected chi connectivity index (χ0v) is 22.2. The first-order valence-electron chi connectivity index (χ1n) is 12.8. The Labute approximate surface area is 210 Å². The predicted molar refractivity (Wildman–Crippen MR) is 143 cm³/mol. The van der Waals surface area contributed by atoms with Crippen molar-refractivity contribution < 1.29 is 9.53 Å². The van der Waals surface area contributed by atoms with E-state index in [9.17, 15) is 4.79 Å². The Hall–Kier alpha value is -2.00. The van der Waals surface area contributed by atoms with Crippen molar-refractivity contribution in [3.05, 3.63) is 74.9 Å². The van der Waals surface area contributed by atoms with Crippen LogP contribution >= 0.6 is 11.8 Å². The van der Waals surface area contributed by atoms with Gasteiger partial charge in [-0.05, 0) is 62.5 Å². The largest absolute Gasteiger partial charge is 0.370 e. The van der Waals surface area contributed by atoms with Crippen molar-refractivity contribution in [1.82, 2.24) is 4.90 Å². The average molecular weight is 478 g/mol. The zero-order chi connectivity index (χ0) is 24.3. The Balaban J connectivity index is 1.51. The molecule has 4 rings (SSSR count). The summed E-state index contributed by atoms with van der Waals surface area (Å²) < 4.78 is 6.58. The van der Waals surface area contributed by atoms with E-state index in [1.165, 1.54) is 16.7 Å². The van der Waals surface area contributed by atoms with Crippen molar-refractivity contribution in [3.63, 3.8) is 0 Å². The molecule has 3 atom stereocenters. The summed E-state index contributed by atoms with van der Waals surface area (Å²) in [6.45, 7) is 13.6. The van der Waals surface area contributed by atoms with Gasteiger partial charge in [-0.2, -0.15) is 0 Å². The molecular formula is C30H39NO2S. The molecule has 0 aromatic rings. The summed E-state index contributed by atoms with van der Waals surface area (Å²) >= 11 is 1.61. The molecule has 0 amide bonds. The van der Waals surface area contributed by atoms with Crippen molar-refractivity contribution in [2.24, 2.45) is 17.8 Å². The monoisotopic (exact) mass is 477 g/mol. The van der Waals surface area contributed by atoms with Crippen molar-refractivity contribution in [3.8, 4) is 0 Å². The lowest BCUT2D eigenvalue weighted by Crippen LogP contribution is -2.40. The number of carbonyl (C=O) groups excluding carboxylic acids is 1. The molecule has 34 heavy (non-hydrogen) atoms. The van der Waals surface area contributed by atoms with E-state index in [2.05, 4.69) is 81.7 Å². The van der Waals surface area contributed by atoms with Gasteiger partial charge >= 0.3 is 0 Å². The van der Waals surface area contributed by atoms with Crippen molar-refractivity contribution >= 4 is 17.5 Å². The van der Waals surface area contributed by atoms with Gasteiger partial charge in [0.15, 0.2) is 5.78 Å². The van der Waals surface area contributed by atoms with Gasteiger partial charge in [0, 0.05) is 25.1 Å². The fraction of sp³-hybridized carbons (Fsp3) is 0.533. The molecule has 0 N–H and O–H groups in total. The van der Waals surface area contributed by atoms with E-state index < -0.39 is 0 Å². The number of allylic oxidation sites excluding steroid dienone is 8. The second-order valence-corrected chi connectivity index (χ2v) is 11.6. The Bertz CT molecular complexity index is 1030. The van der Waals surface area contributed by atoms with Crippen LogP contribution in [-0.2, 0) is 9.53 Å². The fourth-order valence-corrected chi connectivity index (χ4v) is 6.24. The van der Waals surface area contributed by atoms with Gasteiger partial charge in [-0.25, -0.2) is 0 Å². The number of hydrogen-bond acceptors (Lipinski definition) is 4. The molecule has 3 nitrogen and oxygen atoms in total. The van der Waals surface area contributed by atoms with E-state index in [1.807, 2.05) is 0 Å². The van der Waals surface area contributed by atoms with Crippen LogP contribution in [0.25, 0.3) is 0 Å². The van der Waals surface area contributed by atoms with Crippen LogP contribution in [0.1, 0.15) is 60.3 Å². The third-order valence-electron chi connectivity index (χ3n) is 7.30. The summed E-state index contributed by atoms with van der Waals surface area (Å²) in [7, 11) is 0. The lowest BCUT2D eigenvalue weighted by Gasteiger charge is -2.39. The van der Waals surface area contributed by atoms with Gasteiger partial charge in [0.25, 0.3) is 0 Å². The second-order valence-electron chi connectivity index (χ2n) is 10.6. The van der Waals surface area contributed by atoms with E-state index in [4.69, 9.17) is 4.74 Å². The number of likely N-dealkylation sites (tertiary alicyclic amines) is 1. The minimum absolute atomic E-state index is 0.0888. The molecule has 1 fully saturated rings. The molecular weight excluding hydrogens is 438 g/mol. The summed E-state index contributed by atoms with van der Waals surface area (Å²) in [5, 5.41) is 1.07. The maximum Gasteiger partial charge on any atom is 0.200 e. The highest BCUT2D eigenvalue weighted by atomic mass is 32.2. The van der Waals surface area contributed by atoms with Crippen LogP contribution < -0.4 is 0 Å². The molecule has 0 aromatic carbocycles. The first kappa shape index (κ1) is 25.1. The average Bonchev–Trinajstić information content (AvgIpc) is 3.03. The van der Waals surface area contributed by atoms with E-state index in [-0.39, 0.29) is 11.4 Å². The summed E-state index contributed by atoms with van der Waals surface area (Å²) in [6, 6.07) is 0. The molecule has 0 saturated carbocycles. The quantitative estimate of drug-likeness (QED) is 0.318. The van der Waals surface area contributed by atoms with Gasteiger partial charge in [-0.1, -0.05) is 80.3 Å². The number of rotatable bonds is 4. The summed E-state index contributed by atoms with van der Waals surface area (Å²) in [5.41, 5.74) is 6.93. The molecule has 1 saturated heterocycles. The lowest BCUT2D eigenvalue weighted by molar-refractivity contribution is -0.110. The van der Waals surface area contributed by atoms with E-state index in [0.717, 1.165) is 55.3 Å². The van der Waals surface area contributed by atoms with Crippen LogP contribution in [0.2, 0.25) is 0 Å². The highest BCUT2D eigenvalue weighted by Crippen LogP contribution is 2.42. The second kappa shape index (κ2) is 10.7. The highest BCUT2D eigenvalue weighted by Gasteiger charge is 2.39. The molecule has 0 radical (unpaired) electrons. The van der Waals surface area contributed by atoms with Crippen molar-refractivity contribution in [2.45, 2.75) is 65.9 Å². The van der Waals surface area contributed by atoms with Crippen LogP contribution in [0, 0.1) is 17.8 Å². The van der Waals surface area contributed by atoms with Crippen LogP contribution in [0.15, 0.2) is 74.9 Å². The minimum atomic E-state index is -0.197. The van der Waals surface area contributed by atoms with Gasteiger partial charge in [0.2, 0.25) is 0 Å². The molecule has 3 unspecified atom stereocenters. The minimum Gasteiger partial charge on any atom is -0.370 e. The number of ketones is 1. The van der Waals surface area contributed by atoms with E-state index in [0.29, 0.717) is 17.8 Å². The predicted octanol–water partition coefficient (Wildman–Crippen LogP) is 7.12. The van der Waals surface area contributed by atoms with E-state index >= 15 is 0 Å². The molecule has 1 aliphatic carbocycles. The van der Waals surface area contributed by atoms with Crippen LogP contribution in [0.5, 0.6) is 0 Å². The Morgan fingerprint density at radius 3 is 2.88 bits per heavy atom. The number of nitrogens with zero attached hydrogens (tertiary/aromatic N) is 1. The first-order valence-corrected chi connectivity index (χ1v) is 13.6. The zero-order valence-electron chi connectivity index (χ0n) is 21.4. The standard InChI is InChI=1S/C30H39NO2S/c1-21(2)7-12-26-19-23(4)20-33-30(26)15-6-17-31(18-16-30)28-14-13-27(32)29(34-28)24(5)25-10-8-22(3)9-11-25/h7-10,12-13,19,21,23,25H,6,11,15-18,20H2,1-5H3/b12-7-,29-24-. The van der Waals surface area contributed by atoms with E-state index in [1.54, 1.807) is 17.8 Å². The fourth-order valence-electron chi connectivity index (χ4n) is 5.15. The molecule has 4 aliphatic rings. The molecule has 1 spiro atoms. The molecule has 3 aliphatic heterocycles. The lowest BCUT2D eigenvalue weighted by atomic mass is 9.81. The SMILES string of the molecule is CC1=CCC(/C(C)=C2\SC(N3CCCC4(CC3)OCC(C)C=C4/C=C\C(C)C)=C=CC2=O)C=C1. The molecule has 3 heterocycles. The van der Waals surface area contributed by atoms with Gasteiger partial charge in [-0.15, -0.1) is 0 Å². The van der Waals surface area contributed by atoms with Gasteiger partial charge in [0.1, 0.15) is 5.03 Å². The summed E-state index contributed by atoms with van der Waals surface area (Å²) in [5.74, 6) is 1.36. The van der Waals surface area contributed by atoms with Gasteiger partial charge in [-0.3, -0.25) is 4.79 Å². The van der Waals surface area contributed by atoms with Gasteiger partial charge in [0.05, 0.1) is 17.1 Å².